The zero-order chi connectivity index (χ0) is 23.9. The summed E-state index contributed by atoms with van der Waals surface area (Å²) in [6, 6.07) is 10.7. The molecular weight excluding hydrogens is 430 g/mol. The number of aromatic nitrogens is 3. The molecule has 8 nitrogen and oxygen atoms in total. The summed E-state index contributed by atoms with van der Waals surface area (Å²) in [7, 11) is 1.63. The molecule has 0 atom stereocenters. The van der Waals surface area contributed by atoms with Gasteiger partial charge in [0, 0.05) is 32.7 Å². The zero-order valence-corrected chi connectivity index (χ0v) is 20.7. The summed E-state index contributed by atoms with van der Waals surface area (Å²) in [5.74, 6) is 2.07. The van der Waals surface area contributed by atoms with Crippen LogP contribution in [0, 0.1) is 5.92 Å². The molecule has 1 amide bonds. The fourth-order valence-electron chi connectivity index (χ4n) is 5.35. The average Bonchev–Trinajstić information content (AvgIpc) is 3.19. The number of nitrogens with zero attached hydrogens (tertiary/aromatic N) is 5. The minimum atomic E-state index is -0.0529. The van der Waals surface area contributed by atoms with E-state index in [0.717, 1.165) is 64.1 Å². The van der Waals surface area contributed by atoms with Crippen LogP contribution in [0.25, 0.3) is 0 Å². The van der Waals surface area contributed by atoms with Crippen LogP contribution in [0.5, 0.6) is 0 Å². The van der Waals surface area contributed by atoms with Crippen molar-refractivity contribution in [2.75, 3.05) is 46.4 Å². The summed E-state index contributed by atoms with van der Waals surface area (Å²) in [5, 5.41) is 4.63. The number of ether oxygens (including phenoxy) is 1. The van der Waals surface area contributed by atoms with E-state index in [-0.39, 0.29) is 17.5 Å². The first-order valence-corrected chi connectivity index (χ1v) is 12.8. The highest BCUT2D eigenvalue weighted by Crippen LogP contribution is 2.27. The number of rotatable bonds is 9. The number of carbonyl (C=O) groups excluding carboxylic acids is 1. The van der Waals surface area contributed by atoms with Gasteiger partial charge < -0.3 is 9.64 Å². The number of hydrogen-bond acceptors (Lipinski definition) is 5. The summed E-state index contributed by atoms with van der Waals surface area (Å²) >= 11 is 0. The predicted molar refractivity (Wildman–Crippen MR) is 132 cm³/mol. The van der Waals surface area contributed by atoms with E-state index in [1.807, 2.05) is 6.92 Å². The number of methoxy groups -OCH3 is 1. The fourth-order valence-corrected chi connectivity index (χ4v) is 5.35. The molecule has 2 aliphatic rings. The van der Waals surface area contributed by atoms with Crippen molar-refractivity contribution in [2.45, 2.75) is 58.0 Å². The van der Waals surface area contributed by atoms with Gasteiger partial charge in [0.2, 0.25) is 5.91 Å². The number of hydrogen-bond donors (Lipinski definition) is 0. The third-order valence-corrected chi connectivity index (χ3v) is 7.42. The Morgan fingerprint density at radius 2 is 1.76 bits per heavy atom. The minimum absolute atomic E-state index is 0.0529. The van der Waals surface area contributed by atoms with Crippen LogP contribution in [0.15, 0.2) is 35.1 Å². The highest BCUT2D eigenvalue weighted by molar-refractivity contribution is 5.78. The minimum Gasteiger partial charge on any atom is -0.383 e. The molecule has 1 aromatic heterocycles. The molecule has 2 saturated heterocycles. The first kappa shape index (κ1) is 24.7. The Morgan fingerprint density at radius 1 is 1.06 bits per heavy atom. The lowest BCUT2D eigenvalue weighted by Crippen LogP contribution is -2.46. The second kappa shape index (κ2) is 11.8. The lowest BCUT2D eigenvalue weighted by atomic mass is 9.90. The number of carbonyl (C=O) groups is 1. The largest absolute Gasteiger partial charge is 0.383 e. The normalized spacial score (nSPS) is 18.5. The van der Waals surface area contributed by atoms with E-state index in [4.69, 9.17) is 4.74 Å². The van der Waals surface area contributed by atoms with Crippen molar-refractivity contribution < 1.29 is 9.53 Å². The molecule has 0 aliphatic carbocycles. The molecule has 2 aromatic rings. The van der Waals surface area contributed by atoms with Crippen LogP contribution in [0.3, 0.4) is 0 Å². The number of amides is 1. The molecule has 4 rings (SSSR count). The molecular formula is C26H39N5O3. The van der Waals surface area contributed by atoms with E-state index in [1.165, 1.54) is 10.2 Å². The highest BCUT2D eigenvalue weighted by atomic mass is 16.5. The van der Waals surface area contributed by atoms with Gasteiger partial charge in [-0.15, -0.1) is 0 Å². The quantitative estimate of drug-likeness (QED) is 0.564. The molecule has 0 spiro atoms. The maximum atomic E-state index is 12.9. The summed E-state index contributed by atoms with van der Waals surface area (Å²) in [6.45, 7) is 7.54. The first-order valence-electron chi connectivity index (χ1n) is 12.8. The molecule has 3 heterocycles. The van der Waals surface area contributed by atoms with E-state index < -0.39 is 0 Å². The van der Waals surface area contributed by atoms with Crippen molar-refractivity contribution in [1.82, 2.24) is 24.1 Å². The maximum Gasteiger partial charge on any atom is 0.345 e. The molecule has 34 heavy (non-hydrogen) atoms. The van der Waals surface area contributed by atoms with Crippen molar-refractivity contribution >= 4 is 5.91 Å². The Kier molecular flexibility index (Phi) is 8.56. The standard InChI is InChI=1S/C26H39N5O3/c1-3-30-25(27-31(26(30)33)17-18-34-2)23-11-13-28(14-12-23)20-24(32)29-15-9-22(10-16-29)19-21-7-5-4-6-8-21/h4-8,22-23H,3,9-20H2,1-2H3. The molecule has 0 radical (unpaired) electrons. The molecule has 2 fully saturated rings. The molecule has 1 aromatic carbocycles. The van der Waals surface area contributed by atoms with Gasteiger partial charge in [-0.2, -0.15) is 5.10 Å². The molecule has 2 aliphatic heterocycles. The van der Waals surface area contributed by atoms with Crippen LogP contribution in [-0.2, 0) is 29.0 Å². The smallest absolute Gasteiger partial charge is 0.345 e. The summed E-state index contributed by atoms with van der Waals surface area (Å²) < 4.78 is 8.43. The van der Waals surface area contributed by atoms with Crippen LogP contribution in [0.2, 0.25) is 0 Å². The van der Waals surface area contributed by atoms with Gasteiger partial charge in [-0.3, -0.25) is 14.3 Å². The number of benzene rings is 1. The van der Waals surface area contributed by atoms with E-state index in [1.54, 1.807) is 11.7 Å². The van der Waals surface area contributed by atoms with Crippen molar-refractivity contribution in [1.29, 1.82) is 0 Å². The molecule has 0 bridgehead atoms. The molecule has 0 N–H and O–H groups in total. The van der Waals surface area contributed by atoms with Crippen molar-refractivity contribution in [3.63, 3.8) is 0 Å². The Bertz CT molecular complexity index is 970. The van der Waals surface area contributed by atoms with Crippen molar-refractivity contribution in [3.05, 3.63) is 52.2 Å². The Hall–Kier alpha value is -2.45. The van der Waals surface area contributed by atoms with Crippen LogP contribution in [0.1, 0.15) is 49.9 Å². The zero-order valence-electron chi connectivity index (χ0n) is 20.7. The van der Waals surface area contributed by atoms with Crippen LogP contribution >= 0.6 is 0 Å². The topological polar surface area (TPSA) is 72.6 Å². The highest BCUT2D eigenvalue weighted by Gasteiger charge is 2.29. The van der Waals surface area contributed by atoms with Gasteiger partial charge in [-0.1, -0.05) is 30.3 Å². The molecule has 186 valence electrons. The fraction of sp³-hybridized carbons (Fsp3) is 0.654. The predicted octanol–water partition coefficient (Wildman–Crippen LogP) is 2.37. The summed E-state index contributed by atoms with van der Waals surface area (Å²) in [4.78, 5) is 29.9. The maximum absolute atomic E-state index is 12.9. The molecule has 8 heteroatoms. The van der Waals surface area contributed by atoms with E-state index >= 15 is 0 Å². The summed E-state index contributed by atoms with van der Waals surface area (Å²) in [6.07, 6.45) is 5.13. The average molecular weight is 470 g/mol. The SMILES string of the molecule is CCn1c(C2CCN(CC(=O)N3CCC(Cc4ccccc4)CC3)CC2)nn(CCOC)c1=O. The molecule has 0 saturated carbocycles. The van der Waals surface area contributed by atoms with Gasteiger partial charge in [0.25, 0.3) is 0 Å². The van der Waals surface area contributed by atoms with Gasteiger partial charge in [-0.25, -0.2) is 9.48 Å². The van der Waals surface area contributed by atoms with E-state index in [2.05, 4.69) is 45.2 Å². The Labute approximate surface area is 202 Å². The third-order valence-electron chi connectivity index (χ3n) is 7.42. The van der Waals surface area contributed by atoms with E-state index in [0.29, 0.717) is 32.2 Å². The van der Waals surface area contributed by atoms with Crippen molar-refractivity contribution in [3.8, 4) is 0 Å². The first-order chi connectivity index (χ1) is 16.6. The molecule has 0 unspecified atom stereocenters. The van der Waals surface area contributed by atoms with Gasteiger partial charge >= 0.3 is 5.69 Å². The monoisotopic (exact) mass is 469 g/mol. The lowest BCUT2D eigenvalue weighted by Gasteiger charge is -2.35. The van der Waals surface area contributed by atoms with Crippen molar-refractivity contribution in [2.24, 2.45) is 5.92 Å². The number of likely N-dealkylation sites (tertiary alicyclic amines) is 2. The van der Waals surface area contributed by atoms with Crippen LogP contribution in [-0.4, -0.2) is 76.5 Å². The van der Waals surface area contributed by atoms with Gasteiger partial charge in [0.1, 0.15) is 5.82 Å². The van der Waals surface area contributed by atoms with Gasteiger partial charge in [0.05, 0.1) is 19.7 Å². The van der Waals surface area contributed by atoms with E-state index in [9.17, 15) is 9.59 Å². The van der Waals surface area contributed by atoms with Gasteiger partial charge in [0.15, 0.2) is 0 Å². The summed E-state index contributed by atoms with van der Waals surface area (Å²) in [5.41, 5.74) is 1.34. The Morgan fingerprint density at radius 3 is 2.41 bits per heavy atom. The number of piperidine rings is 2. The third kappa shape index (κ3) is 5.96. The Balaban J connectivity index is 1.24. The second-order valence-electron chi connectivity index (χ2n) is 9.67. The second-order valence-corrected chi connectivity index (χ2v) is 9.67. The van der Waals surface area contributed by atoms with Crippen LogP contribution < -0.4 is 5.69 Å². The van der Waals surface area contributed by atoms with Crippen LogP contribution in [0.4, 0.5) is 0 Å². The van der Waals surface area contributed by atoms with Gasteiger partial charge in [-0.05, 0) is 63.6 Å². The lowest BCUT2D eigenvalue weighted by molar-refractivity contribution is -0.134.